The average molecular weight is 287 g/mol. The maximum atomic E-state index is 13.2. The van der Waals surface area contributed by atoms with Crippen molar-refractivity contribution in [1.29, 1.82) is 0 Å². The lowest BCUT2D eigenvalue weighted by atomic mass is 10.2. The molecule has 7 heteroatoms. The standard InChI is InChI=1S/C14H14FN5O/c15-10-3-1-2-9(6-10)7-20-8-17-13-12(20)14(21)19-11(18-13)4-5-16/h1-3,6,8H,4-5,7,16H2,(H,18,19,21). The van der Waals surface area contributed by atoms with Gasteiger partial charge in [0.2, 0.25) is 0 Å². The van der Waals surface area contributed by atoms with E-state index in [0.29, 0.717) is 36.5 Å². The van der Waals surface area contributed by atoms with Gasteiger partial charge < -0.3 is 15.3 Å². The Morgan fingerprint density at radius 3 is 3.00 bits per heavy atom. The Hall–Kier alpha value is -2.54. The highest BCUT2D eigenvalue weighted by Crippen LogP contribution is 2.10. The Labute approximate surface area is 119 Å². The first-order valence-electron chi connectivity index (χ1n) is 6.56. The number of H-pyrrole nitrogens is 1. The van der Waals surface area contributed by atoms with Crippen molar-refractivity contribution < 1.29 is 4.39 Å². The summed E-state index contributed by atoms with van der Waals surface area (Å²) in [5, 5.41) is 0. The fourth-order valence-corrected chi connectivity index (χ4v) is 2.24. The average Bonchev–Trinajstić information content (AvgIpc) is 2.83. The molecule has 0 unspecified atom stereocenters. The Kier molecular flexibility index (Phi) is 3.49. The first-order valence-corrected chi connectivity index (χ1v) is 6.56. The molecule has 0 amide bonds. The van der Waals surface area contributed by atoms with Crippen molar-refractivity contribution in [3.8, 4) is 0 Å². The van der Waals surface area contributed by atoms with Crippen LogP contribution < -0.4 is 11.3 Å². The van der Waals surface area contributed by atoms with E-state index in [4.69, 9.17) is 5.73 Å². The quantitative estimate of drug-likeness (QED) is 0.743. The molecule has 0 atom stereocenters. The van der Waals surface area contributed by atoms with Crippen LogP contribution in [-0.4, -0.2) is 26.1 Å². The van der Waals surface area contributed by atoms with Crippen LogP contribution in [0.5, 0.6) is 0 Å². The summed E-state index contributed by atoms with van der Waals surface area (Å²) in [6.07, 6.45) is 2.02. The number of aromatic amines is 1. The van der Waals surface area contributed by atoms with Gasteiger partial charge >= 0.3 is 0 Å². The molecule has 108 valence electrons. The summed E-state index contributed by atoms with van der Waals surface area (Å²) >= 11 is 0. The van der Waals surface area contributed by atoms with Crippen molar-refractivity contribution >= 4 is 11.2 Å². The lowest BCUT2D eigenvalue weighted by Gasteiger charge is -2.04. The number of nitrogens with one attached hydrogen (secondary N) is 1. The van der Waals surface area contributed by atoms with Gasteiger partial charge in [0.25, 0.3) is 5.56 Å². The number of hydrogen-bond acceptors (Lipinski definition) is 4. The number of imidazole rings is 1. The molecule has 0 radical (unpaired) electrons. The number of halogens is 1. The highest BCUT2D eigenvalue weighted by Gasteiger charge is 2.10. The van der Waals surface area contributed by atoms with E-state index in [0.717, 1.165) is 5.56 Å². The van der Waals surface area contributed by atoms with Crippen molar-refractivity contribution in [2.75, 3.05) is 6.54 Å². The zero-order valence-corrected chi connectivity index (χ0v) is 11.2. The van der Waals surface area contributed by atoms with Crippen LogP contribution in [0.1, 0.15) is 11.4 Å². The molecule has 21 heavy (non-hydrogen) atoms. The monoisotopic (exact) mass is 287 g/mol. The fraction of sp³-hybridized carbons (Fsp3) is 0.214. The predicted octanol–water partition coefficient (Wildman–Crippen LogP) is 0.808. The zero-order valence-electron chi connectivity index (χ0n) is 11.2. The van der Waals surface area contributed by atoms with Gasteiger partial charge in [0.1, 0.15) is 11.6 Å². The van der Waals surface area contributed by atoms with E-state index in [-0.39, 0.29) is 11.4 Å². The van der Waals surface area contributed by atoms with Gasteiger partial charge in [-0.1, -0.05) is 12.1 Å². The van der Waals surface area contributed by atoms with E-state index in [1.165, 1.54) is 18.5 Å². The van der Waals surface area contributed by atoms with Crippen LogP contribution in [0, 0.1) is 5.82 Å². The molecule has 3 N–H and O–H groups in total. The van der Waals surface area contributed by atoms with Crippen LogP contribution >= 0.6 is 0 Å². The minimum absolute atomic E-state index is 0.266. The molecule has 0 fully saturated rings. The summed E-state index contributed by atoms with van der Waals surface area (Å²) in [7, 11) is 0. The van der Waals surface area contributed by atoms with Gasteiger partial charge in [0, 0.05) is 13.0 Å². The summed E-state index contributed by atoms with van der Waals surface area (Å²) in [6, 6.07) is 6.23. The third-order valence-electron chi connectivity index (χ3n) is 3.16. The topological polar surface area (TPSA) is 89.6 Å². The van der Waals surface area contributed by atoms with Crippen LogP contribution in [0.25, 0.3) is 11.2 Å². The van der Waals surface area contributed by atoms with Crippen molar-refractivity contribution in [1.82, 2.24) is 19.5 Å². The Balaban J connectivity index is 2.02. The second-order valence-electron chi connectivity index (χ2n) is 4.73. The number of benzene rings is 1. The van der Waals surface area contributed by atoms with Crippen LogP contribution in [0.2, 0.25) is 0 Å². The summed E-state index contributed by atoms with van der Waals surface area (Å²) in [5.41, 5.74) is 6.69. The Morgan fingerprint density at radius 2 is 2.24 bits per heavy atom. The molecule has 0 bridgehead atoms. The van der Waals surface area contributed by atoms with Crippen LogP contribution in [-0.2, 0) is 13.0 Å². The molecular weight excluding hydrogens is 273 g/mol. The number of fused-ring (bicyclic) bond motifs is 1. The molecule has 3 rings (SSSR count). The van der Waals surface area contributed by atoms with Gasteiger partial charge in [-0.2, -0.15) is 0 Å². The van der Waals surface area contributed by atoms with Gasteiger partial charge in [0.05, 0.1) is 6.33 Å². The van der Waals surface area contributed by atoms with Gasteiger partial charge in [-0.3, -0.25) is 4.79 Å². The zero-order chi connectivity index (χ0) is 14.8. The van der Waals surface area contributed by atoms with E-state index >= 15 is 0 Å². The van der Waals surface area contributed by atoms with Crippen LogP contribution in [0.3, 0.4) is 0 Å². The summed E-state index contributed by atoms with van der Waals surface area (Å²) in [6.45, 7) is 0.758. The summed E-state index contributed by atoms with van der Waals surface area (Å²) in [4.78, 5) is 23.2. The molecule has 1 aromatic carbocycles. The SMILES string of the molecule is NCCc1nc2ncn(Cc3cccc(F)c3)c2c(=O)[nH]1. The van der Waals surface area contributed by atoms with Crippen molar-refractivity contribution in [3.63, 3.8) is 0 Å². The maximum absolute atomic E-state index is 13.2. The van der Waals surface area contributed by atoms with E-state index < -0.39 is 0 Å². The van der Waals surface area contributed by atoms with Crippen molar-refractivity contribution in [3.05, 3.63) is 58.2 Å². The molecule has 2 heterocycles. The van der Waals surface area contributed by atoms with Gasteiger partial charge in [-0.25, -0.2) is 14.4 Å². The molecule has 0 aliphatic carbocycles. The minimum Gasteiger partial charge on any atom is -0.330 e. The van der Waals surface area contributed by atoms with Crippen LogP contribution in [0.4, 0.5) is 4.39 Å². The third-order valence-corrected chi connectivity index (χ3v) is 3.16. The van der Waals surface area contributed by atoms with Gasteiger partial charge in [-0.05, 0) is 24.2 Å². The van der Waals surface area contributed by atoms with E-state index in [9.17, 15) is 9.18 Å². The van der Waals surface area contributed by atoms with Crippen LogP contribution in [0.15, 0.2) is 35.4 Å². The number of aromatic nitrogens is 4. The molecule has 3 aromatic rings. The van der Waals surface area contributed by atoms with Crippen molar-refractivity contribution in [2.45, 2.75) is 13.0 Å². The second-order valence-corrected chi connectivity index (χ2v) is 4.73. The predicted molar refractivity (Wildman–Crippen MR) is 76.4 cm³/mol. The number of rotatable bonds is 4. The Morgan fingerprint density at radius 1 is 1.38 bits per heavy atom. The normalized spacial score (nSPS) is 11.1. The minimum atomic E-state index is -0.311. The van der Waals surface area contributed by atoms with E-state index in [1.54, 1.807) is 16.7 Å². The molecule has 0 aliphatic rings. The Bertz CT molecular complexity index is 839. The molecule has 0 saturated carbocycles. The fourth-order valence-electron chi connectivity index (χ4n) is 2.24. The molecule has 2 aromatic heterocycles. The number of hydrogen-bond donors (Lipinski definition) is 2. The van der Waals surface area contributed by atoms with Crippen molar-refractivity contribution in [2.24, 2.45) is 5.73 Å². The molecule has 0 spiro atoms. The van der Waals surface area contributed by atoms with Gasteiger partial charge in [-0.15, -0.1) is 0 Å². The molecule has 0 saturated heterocycles. The summed E-state index contributed by atoms with van der Waals surface area (Å²) < 4.78 is 14.9. The first kappa shape index (κ1) is 13.4. The van der Waals surface area contributed by atoms with Gasteiger partial charge in [0.15, 0.2) is 11.2 Å². The maximum Gasteiger partial charge on any atom is 0.277 e. The molecule has 0 aliphatic heterocycles. The second kappa shape index (κ2) is 5.45. The smallest absolute Gasteiger partial charge is 0.277 e. The highest BCUT2D eigenvalue weighted by atomic mass is 19.1. The molecule has 6 nitrogen and oxygen atoms in total. The molecular formula is C14H14FN5O. The first-order chi connectivity index (χ1) is 10.2. The number of nitrogens with zero attached hydrogens (tertiary/aromatic N) is 3. The lowest BCUT2D eigenvalue weighted by Crippen LogP contribution is -2.17. The summed E-state index contributed by atoms with van der Waals surface area (Å²) in [5.74, 6) is 0.209. The lowest BCUT2D eigenvalue weighted by molar-refractivity contribution is 0.624. The highest BCUT2D eigenvalue weighted by molar-refractivity contribution is 5.69. The third kappa shape index (κ3) is 2.68. The number of nitrogens with two attached hydrogens (primary N) is 1. The largest absolute Gasteiger partial charge is 0.330 e. The van der Waals surface area contributed by atoms with E-state index in [1.807, 2.05) is 0 Å². The van der Waals surface area contributed by atoms with E-state index in [2.05, 4.69) is 15.0 Å².